The molecule has 0 spiro atoms. The number of benzene rings is 1. The number of nitrogens with zero attached hydrogens (tertiary/aromatic N) is 2. The van der Waals surface area contributed by atoms with Crippen LogP contribution in [0.4, 0.5) is 5.69 Å². The van der Waals surface area contributed by atoms with Gasteiger partial charge in [0.1, 0.15) is 5.41 Å². The highest BCUT2D eigenvalue weighted by Crippen LogP contribution is 2.47. The van der Waals surface area contributed by atoms with Gasteiger partial charge in [-0.1, -0.05) is 18.6 Å². The van der Waals surface area contributed by atoms with E-state index in [1.807, 2.05) is 18.2 Å². The number of amides is 2. The molecule has 1 aromatic rings. The Morgan fingerprint density at radius 3 is 2.50 bits per heavy atom. The number of anilines is 1. The molecule has 1 saturated carbocycles. The third kappa shape index (κ3) is 3.61. The van der Waals surface area contributed by atoms with Crippen molar-refractivity contribution in [3.05, 3.63) is 29.8 Å². The van der Waals surface area contributed by atoms with Crippen molar-refractivity contribution in [2.24, 2.45) is 5.41 Å². The number of likely N-dealkylation sites (tertiary alicyclic amines) is 1. The fourth-order valence-electron chi connectivity index (χ4n) is 3.46. The molecule has 1 saturated heterocycles. The number of carbonyl (C=O) groups is 2. The Balaban J connectivity index is 1.64. The Morgan fingerprint density at radius 1 is 1.17 bits per heavy atom. The maximum atomic E-state index is 12.6. The molecule has 5 heteroatoms. The molecule has 1 N–H and O–H groups in total. The predicted octanol–water partition coefficient (Wildman–Crippen LogP) is 2.48. The normalized spacial score (nSPS) is 19.6. The van der Waals surface area contributed by atoms with Crippen LogP contribution in [-0.2, 0) is 16.1 Å². The molecule has 1 aliphatic heterocycles. The molecule has 0 atom stereocenters. The molecular formula is C19H27N3O2. The van der Waals surface area contributed by atoms with E-state index in [1.54, 1.807) is 14.1 Å². The number of carbonyl (C=O) groups excluding carboxylic acids is 2. The van der Waals surface area contributed by atoms with Crippen LogP contribution in [0.2, 0.25) is 0 Å². The summed E-state index contributed by atoms with van der Waals surface area (Å²) in [4.78, 5) is 28.8. The Kier molecular flexibility index (Phi) is 4.90. The van der Waals surface area contributed by atoms with Crippen molar-refractivity contribution >= 4 is 17.5 Å². The van der Waals surface area contributed by atoms with E-state index in [-0.39, 0.29) is 11.8 Å². The molecule has 3 rings (SSSR count). The highest BCUT2D eigenvalue weighted by molar-refractivity contribution is 6.12. The molecule has 24 heavy (non-hydrogen) atoms. The van der Waals surface area contributed by atoms with Crippen molar-refractivity contribution in [1.82, 2.24) is 9.80 Å². The first kappa shape index (κ1) is 17.0. The number of piperidine rings is 1. The number of nitrogens with one attached hydrogen (secondary N) is 1. The largest absolute Gasteiger partial charge is 0.348 e. The SMILES string of the molecule is CN(C)C(=O)C1(C(=O)Nc2cccc(CN3CCCCC3)c2)CC1. The zero-order chi connectivity index (χ0) is 17.2. The van der Waals surface area contributed by atoms with Gasteiger partial charge in [0.05, 0.1) is 0 Å². The standard InChI is InChI=1S/C19H27N3O2/c1-21(2)18(24)19(9-10-19)17(23)20-16-8-6-7-15(13-16)14-22-11-4-3-5-12-22/h6-8,13H,3-5,9-12,14H2,1-2H3,(H,20,23). The fraction of sp³-hybridized carbons (Fsp3) is 0.579. The van der Waals surface area contributed by atoms with E-state index in [2.05, 4.69) is 16.3 Å². The van der Waals surface area contributed by atoms with E-state index < -0.39 is 5.41 Å². The van der Waals surface area contributed by atoms with Gasteiger partial charge in [0.2, 0.25) is 11.8 Å². The van der Waals surface area contributed by atoms with Gasteiger partial charge in [0.15, 0.2) is 0 Å². The van der Waals surface area contributed by atoms with Gasteiger partial charge in [0.25, 0.3) is 0 Å². The van der Waals surface area contributed by atoms with Gasteiger partial charge in [-0.25, -0.2) is 0 Å². The lowest BCUT2D eigenvalue weighted by Crippen LogP contribution is -2.39. The van der Waals surface area contributed by atoms with E-state index in [1.165, 1.54) is 29.7 Å². The van der Waals surface area contributed by atoms with Gasteiger partial charge in [-0.2, -0.15) is 0 Å². The quantitative estimate of drug-likeness (QED) is 0.845. The maximum Gasteiger partial charge on any atom is 0.240 e. The third-order valence-corrected chi connectivity index (χ3v) is 5.04. The van der Waals surface area contributed by atoms with Gasteiger partial charge < -0.3 is 10.2 Å². The number of hydrogen-bond donors (Lipinski definition) is 1. The minimum Gasteiger partial charge on any atom is -0.348 e. The highest BCUT2D eigenvalue weighted by Gasteiger charge is 2.57. The van der Waals surface area contributed by atoms with Crippen LogP contribution in [0.25, 0.3) is 0 Å². The van der Waals surface area contributed by atoms with E-state index in [0.717, 1.165) is 25.3 Å². The Labute approximate surface area is 144 Å². The molecule has 2 amide bonds. The average molecular weight is 329 g/mol. The van der Waals surface area contributed by atoms with Crippen molar-refractivity contribution < 1.29 is 9.59 Å². The molecule has 0 radical (unpaired) electrons. The lowest BCUT2D eigenvalue weighted by Gasteiger charge is -2.26. The van der Waals surface area contributed by atoms with Crippen molar-refractivity contribution in [3.63, 3.8) is 0 Å². The minimum absolute atomic E-state index is 0.0931. The van der Waals surface area contributed by atoms with Crippen LogP contribution in [-0.4, -0.2) is 48.8 Å². The molecule has 2 fully saturated rings. The zero-order valence-electron chi connectivity index (χ0n) is 14.7. The fourth-order valence-corrected chi connectivity index (χ4v) is 3.46. The molecule has 5 nitrogen and oxygen atoms in total. The number of rotatable bonds is 5. The van der Waals surface area contributed by atoms with Crippen LogP contribution in [0.3, 0.4) is 0 Å². The van der Waals surface area contributed by atoms with Crippen LogP contribution >= 0.6 is 0 Å². The van der Waals surface area contributed by atoms with Gasteiger partial charge in [-0.15, -0.1) is 0 Å². The molecule has 1 aromatic carbocycles. The first-order valence-electron chi connectivity index (χ1n) is 8.86. The van der Waals surface area contributed by atoms with E-state index in [9.17, 15) is 9.59 Å². The van der Waals surface area contributed by atoms with Crippen molar-refractivity contribution in [3.8, 4) is 0 Å². The van der Waals surface area contributed by atoms with E-state index >= 15 is 0 Å². The molecule has 1 aliphatic carbocycles. The smallest absolute Gasteiger partial charge is 0.240 e. The van der Waals surface area contributed by atoms with Crippen LogP contribution in [0, 0.1) is 5.41 Å². The minimum atomic E-state index is -0.841. The molecule has 130 valence electrons. The van der Waals surface area contributed by atoms with Crippen LogP contribution in [0.15, 0.2) is 24.3 Å². The predicted molar refractivity (Wildman–Crippen MR) is 94.6 cm³/mol. The second-order valence-electron chi connectivity index (χ2n) is 7.27. The molecule has 2 aliphatic rings. The monoisotopic (exact) mass is 329 g/mol. The Hall–Kier alpha value is -1.88. The molecular weight excluding hydrogens is 302 g/mol. The molecule has 1 heterocycles. The maximum absolute atomic E-state index is 12.6. The summed E-state index contributed by atoms with van der Waals surface area (Å²) < 4.78 is 0. The summed E-state index contributed by atoms with van der Waals surface area (Å²) in [5, 5.41) is 2.95. The molecule has 0 aromatic heterocycles. The third-order valence-electron chi connectivity index (χ3n) is 5.04. The second-order valence-corrected chi connectivity index (χ2v) is 7.27. The molecule has 0 bridgehead atoms. The summed E-state index contributed by atoms with van der Waals surface area (Å²) in [6.45, 7) is 3.22. The Morgan fingerprint density at radius 2 is 1.88 bits per heavy atom. The van der Waals surface area contributed by atoms with Gasteiger partial charge in [-0.05, 0) is 56.5 Å². The topological polar surface area (TPSA) is 52.7 Å². The van der Waals surface area contributed by atoms with Crippen LogP contribution in [0.1, 0.15) is 37.7 Å². The number of hydrogen-bond acceptors (Lipinski definition) is 3. The Bertz CT molecular complexity index is 617. The lowest BCUT2D eigenvalue weighted by molar-refractivity contribution is -0.140. The summed E-state index contributed by atoms with van der Waals surface area (Å²) >= 11 is 0. The lowest BCUT2D eigenvalue weighted by atomic mass is 10.0. The summed E-state index contributed by atoms with van der Waals surface area (Å²) in [6.07, 6.45) is 5.15. The summed E-state index contributed by atoms with van der Waals surface area (Å²) in [5.74, 6) is -0.263. The van der Waals surface area contributed by atoms with Gasteiger partial charge in [0, 0.05) is 26.3 Å². The highest BCUT2D eigenvalue weighted by atomic mass is 16.2. The zero-order valence-corrected chi connectivity index (χ0v) is 14.7. The van der Waals surface area contributed by atoms with Gasteiger partial charge in [-0.3, -0.25) is 14.5 Å². The average Bonchev–Trinajstić information content (AvgIpc) is 3.37. The van der Waals surface area contributed by atoms with Crippen molar-refractivity contribution in [2.45, 2.75) is 38.6 Å². The summed E-state index contributed by atoms with van der Waals surface area (Å²) in [7, 11) is 3.41. The van der Waals surface area contributed by atoms with E-state index in [4.69, 9.17) is 0 Å². The van der Waals surface area contributed by atoms with Crippen LogP contribution in [0.5, 0.6) is 0 Å². The first-order chi connectivity index (χ1) is 11.5. The van der Waals surface area contributed by atoms with Crippen molar-refractivity contribution in [1.29, 1.82) is 0 Å². The van der Waals surface area contributed by atoms with Crippen molar-refractivity contribution in [2.75, 3.05) is 32.5 Å². The summed E-state index contributed by atoms with van der Waals surface area (Å²) in [5.41, 5.74) is 1.15. The summed E-state index contributed by atoms with van der Waals surface area (Å²) in [6, 6.07) is 8.00. The first-order valence-corrected chi connectivity index (χ1v) is 8.86. The van der Waals surface area contributed by atoms with Gasteiger partial charge >= 0.3 is 0 Å². The van der Waals surface area contributed by atoms with E-state index in [0.29, 0.717) is 12.8 Å². The molecule has 0 unspecified atom stereocenters. The second kappa shape index (κ2) is 6.93. The van der Waals surface area contributed by atoms with Crippen LogP contribution < -0.4 is 5.32 Å².